The highest BCUT2D eigenvalue weighted by Gasteiger charge is 2.21. The number of benzene rings is 3. The third kappa shape index (κ3) is 3.65. The molecule has 4 rings (SSSR count). The maximum Gasteiger partial charge on any atom is 0.167 e. The van der Waals surface area contributed by atoms with Crippen LogP contribution in [0.1, 0.15) is 22.3 Å². The highest BCUT2D eigenvalue weighted by Crippen LogP contribution is 2.40. The molecule has 0 aliphatic heterocycles. The van der Waals surface area contributed by atoms with Crippen LogP contribution in [-0.4, -0.2) is 40.5 Å². The molecule has 8 heteroatoms. The first-order chi connectivity index (χ1) is 15.6. The lowest BCUT2D eigenvalue weighted by Gasteiger charge is -2.14. The Morgan fingerprint density at radius 1 is 0.455 bits per heavy atom. The van der Waals surface area contributed by atoms with E-state index in [4.69, 9.17) is 0 Å². The topological polar surface area (TPSA) is 140 Å². The Bertz CT molecular complexity index is 1230. The van der Waals surface area contributed by atoms with Crippen molar-refractivity contribution in [3.8, 4) is 62.9 Å². The van der Waals surface area contributed by atoms with Crippen molar-refractivity contribution in [1.82, 2.24) is 15.0 Å². The van der Waals surface area contributed by atoms with Gasteiger partial charge in [-0.25, -0.2) is 15.0 Å². The summed E-state index contributed by atoms with van der Waals surface area (Å²) in [5.41, 5.74) is 2.92. The standard InChI is InChI=1S/C25H23N3O5/c1-11-5-6-15(20(31)12(11)2)23-26-24(16-7-9-18(29)13(3)21(16)32)28-25(27-23)17-8-10-19(30)14(4)22(17)33/h5-10,29-33H,1-4H3. The summed E-state index contributed by atoms with van der Waals surface area (Å²) in [6, 6.07) is 9.31. The molecule has 1 heterocycles. The summed E-state index contributed by atoms with van der Waals surface area (Å²) in [6.07, 6.45) is 0. The van der Waals surface area contributed by atoms with E-state index in [1.54, 1.807) is 26.8 Å². The van der Waals surface area contributed by atoms with Gasteiger partial charge in [0.25, 0.3) is 0 Å². The number of phenolic OH excluding ortho intramolecular Hbond substituents is 5. The van der Waals surface area contributed by atoms with E-state index in [1.807, 2.05) is 13.0 Å². The largest absolute Gasteiger partial charge is 0.508 e. The summed E-state index contributed by atoms with van der Waals surface area (Å²) < 4.78 is 0. The van der Waals surface area contributed by atoms with Crippen molar-refractivity contribution in [1.29, 1.82) is 0 Å². The first-order valence-electron chi connectivity index (χ1n) is 10.2. The highest BCUT2D eigenvalue weighted by molar-refractivity contribution is 5.76. The minimum atomic E-state index is -0.200. The van der Waals surface area contributed by atoms with Crippen LogP contribution in [-0.2, 0) is 0 Å². The third-order valence-corrected chi connectivity index (χ3v) is 5.86. The van der Waals surface area contributed by atoms with Crippen LogP contribution >= 0.6 is 0 Å². The molecule has 168 valence electrons. The molecule has 0 fully saturated rings. The highest BCUT2D eigenvalue weighted by atomic mass is 16.3. The average molecular weight is 445 g/mol. The van der Waals surface area contributed by atoms with Gasteiger partial charge in [-0.05, 0) is 69.2 Å². The van der Waals surface area contributed by atoms with Gasteiger partial charge in [-0.1, -0.05) is 6.07 Å². The Morgan fingerprint density at radius 3 is 1.18 bits per heavy atom. The summed E-state index contributed by atoms with van der Waals surface area (Å²) in [5.74, 6) is -0.256. The fourth-order valence-electron chi connectivity index (χ4n) is 3.46. The van der Waals surface area contributed by atoms with Gasteiger partial charge in [0.1, 0.15) is 28.7 Å². The lowest BCUT2D eigenvalue weighted by molar-refractivity contribution is 0.443. The first-order valence-corrected chi connectivity index (χ1v) is 10.2. The molecule has 0 aliphatic carbocycles. The lowest BCUT2D eigenvalue weighted by atomic mass is 10.0. The van der Waals surface area contributed by atoms with Crippen LogP contribution in [0.25, 0.3) is 34.2 Å². The van der Waals surface area contributed by atoms with Gasteiger partial charge in [-0.15, -0.1) is 0 Å². The number of aromatic hydroxyl groups is 5. The molecular formula is C25H23N3O5. The van der Waals surface area contributed by atoms with Crippen LogP contribution in [0.15, 0.2) is 36.4 Å². The van der Waals surface area contributed by atoms with E-state index in [1.165, 1.54) is 24.3 Å². The van der Waals surface area contributed by atoms with Crippen molar-refractivity contribution in [3.05, 3.63) is 58.7 Å². The Labute approximate surface area is 190 Å². The summed E-state index contributed by atoms with van der Waals surface area (Å²) in [5, 5.41) is 51.9. The normalized spacial score (nSPS) is 11.0. The summed E-state index contributed by atoms with van der Waals surface area (Å²) in [7, 11) is 0. The van der Waals surface area contributed by atoms with Crippen LogP contribution in [0.4, 0.5) is 0 Å². The predicted molar refractivity (Wildman–Crippen MR) is 123 cm³/mol. The molecule has 0 atom stereocenters. The molecule has 0 saturated heterocycles. The number of hydrogen-bond donors (Lipinski definition) is 5. The summed E-state index contributed by atoms with van der Waals surface area (Å²) in [6.45, 7) is 6.77. The van der Waals surface area contributed by atoms with Crippen LogP contribution < -0.4 is 0 Å². The van der Waals surface area contributed by atoms with Crippen molar-refractivity contribution in [3.63, 3.8) is 0 Å². The minimum Gasteiger partial charge on any atom is -0.508 e. The maximum atomic E-state index is 10.8. The molecule has 3 aromatic carbocycles. The second-order valence-corrected chi connectivity index (χ2v) is 7.92. The molecule has 4 aromatic rings. The van der Waals surface area contributed by atoms with E-state index in [0.717, 1.165) is 5.56 Å². The van der Waals surface area contributed by atoms with E-state index >= 15 is 0 Å². The first kappa shape index (κ1) is 21.9. The van der Waals surface area contributed by atoms with Gasteiger partial charge < -0.3 is 25.5 Å². The molecule has 0 spiro atoms. The molecule has 1 aromatic heterocycles. The number of aromatic nitrogens is 3. The zero-order valence-electron chi connectivity index (χ0n) is 18.5. The molecule has 0 saturated carbocycles. The van der Waals surface area contributed by atoms with Crippen LogP contribution in [0.2, 0.25) is 0 Å². The molecule has 0 aliphatic rings. The Balaban J connectivity index is 2.04. The smallest absolute Gasteiger partial charge is 0.167 e. The monoisotopic (exact) mass is 445 g/mol. The third-order valence-electron chi connectivity index (χ3n) is 5.86. The average Bonchev–Trinajstić information content (AvgIpc) is 2.79. The molecular weight excluding hydrogens is 422 g/mol. The second-order valence-electron chi connectivity index (χ2n) is 7.92. The number of rotatable bonds is 3. The van der Waals surface area contributed by atoms with Crippen molar-refractivity contribution >= 4 is 0 Å². The van der Waals surface area contributed by atoms with Crippen molar-refractivity contribution in [2.45, 2.75) is 27.7 Å². The van der Waals surface area contributed by atoms with Crippen molar-refractivity contribution < 1.29 is 25.5 Å². The number of nitrogens with zero attached hydrogens (tertiary/aromatic N) is 3. The van der Waals surface area contributed by atoms with Crippen molar-refractivity contribution in [2.75, 3.05) is 0 Å². The quantitative estimate of drug-likeness (QED) is 0.307. The number of aryl methyl sites for hydroxylation is 1. The van der Waals surface area contributed by atoms with E-state index in [0.29, 0.717) is 11.1 Å². The van der Waals surface area contributed by atoms with Crippen LogP contribution in [0.5, 0.6) is 28.7 Å². The minimum absolute atomic E-state index is 0.00955. The van der Waals surface area contributed by atoms with Gasteiger partial charge in [0, 0.05) is 11.1 Å². The lowest BCUT2D eigenvalue weighted by Crippen LogP contribution is -2.02. The van der Waals surface area contributed by atoms with E-state index in [9.17, 15) is 25.5 Å². The fourth-order valence-corrected chi connectivity index (χ4v) is 3.46. The van der Waals surface area contributed by atoms with Gasteiger partial charge in [0.2, 0.25) is 0 Å². The second kappa shape index (κ2) is 7.98. The predicted octanol–water partition coefficient (Wildman–Crippen LogP) is 4.63. The molecule has 0 radical (unpaired) electrons. The Kier molecular flexibility index (Phi) is 5.29. The Hall–Kier alpha value is -4.33. The summed E-state index contributed by atoms with van der Waals surface area (Å²) in [4.78, 5) is 13.4. The van der Waals surface area contributed by atoms with Crippen LogP contribution in [0, 0.1) is 27.7 Å². The molecule has 0 unspecified atom stereocenters. The van der Waals surface area contributed by atoms with Gasteiger partial charge in [-0.3, -0.25) is 0 Å². The fraction of sp³-hybridized carbons (Fsp3) is 0.160. The van der Waals surface area contributed by atoms with E-state index in [2.05, 4.69) is 15.0 Å². The number of phenols is 5. The zero-order valence-corrected chi connectivity index (χ0v) is 18.5. The molecule has 8 nitrogen and oxygen atoms in total. The molecule has 33 heavy (non-hydrogen) atoms. The van der Waals surface area contributed by atoms with Crippen molar-refractivity contribution in [2.24, 2.45) is 0 Å². The van der Waals surface area contributed by atoms with Gasteiger partial charge >= 0.3 is 0 Å². The maximum absolute atomic E-state index is 10.8. The zero-order chi connectivity index (χ0) is 24.0. The van der Waals surface area contributed by atoms with Crippen LogP contribution in [0.3, 0.4) is 0 Å². The van der Waals surface area contributed by atoms with E-state index < -0.39 is 0 Å². The van der Waals surface area contributed by atoms with Gasteiger partial charge in [0.05, 0.1) is 16.7 Å². The Morgan fingerprint density at radius 2 is 0.788 bits per heavy atom. The van der Waals surface area contributed by atoms with Gasteiger partial charge in [-0.2, -0.15) is 0 Å². The molecule has 0 bridgehead atoms. The summed E-state index contributed by atoms with van der Waals surface area (Å²) >= 11 is 0. The SMILES string of the molecule is Cc1ccc(-c2nc(-c3ccc(O)c(C)c3O)nc(-c3ccc(O)c(C)c3O)n2)c(O)c1C. The molecule has 5 N–H and O–H groups in total. The molecule has 0 amide bonds. The number of hydrogen-bond acceptors (Lipinski definition) is 8. The van der Waals surface area contributed by atoms with Gasteiger partial charge in [0.15, 0.2) is 17.5 Å². The van der Waals surface area contributed by atoms with E-state index in [-0.39, 0.29) is 68.5 Å².